The second-order valence-electron chi connectivity index (χ2n) is 12.0. The van der Waals surface area contributed by atoms with Gasteiger partial charge in [-0.25, -0.2) is 9.59 Å². The first-order valence-corrected chi connectivity index (χ1v) is 15.3. The Kier molecular flexibility index (Phi) is 9.15. The maximum Gasteiger partial charge on any atom is 0.419 e. The van der Waals surface area contributed by atoms with E-state index in [1.807, 2.05) is 38.1 Å². The van der Waals surface area contributed by atoms with Crippen molar-refractivity contribution in [1.82, 2.24) is 10.6 Å². The van der Waals surface area contributed by atoms with E-state index in [1.165, 1.54) is 0 Å². The van der Waals surface area contributed by atoms with E-state index in [0.717, 1.165) is 37.2 Å². The molecule has 0 bridgehead atoms. The van der Waals surface area contributed by atoms with E-state index < -0.39 is 29.4 Å². The van der Waals surface area contributed by atoms with Gasteiger partial charge in [0.25, 0.3) is 11.8 Å². The largest absolute Gasteiger partial charge is 0.419 e. The van der Waals surface area contributed by atoms with Crippen LogP contribution in [0.25, 0.3) is 0 Å². The van der Waals surface area contributed by atoms with Crippen LogP contribution in [0.15, 0.2) is 97.1 Å². The first kappa shape index (κ1) is 31.7. The van der Waals surface area contributed by atoms with E-state index >= 15 is 0 Å². The van der Waals surface area contributed by atoms with E-state index in [1.54, 1.807) is 72.8 Å². The van der Waals surface area contributed by atoms with Crippen molar-refractivity contribution >= 4 is 24.0 Å². The van der Waals surface area contributed by atoms with Crippen LogP contribution < -0.4 is 20.1 Å². The van der Waals surface area contributed by atoms with Gasteiger partial charge < -0.3 is 18.9 Å². The van der Waals surface area contributed by atoms with Gasteiger partial charge in [0, 0.05) is 40.5 Å². The number of nitrogens with one attached hydrogen (secondary N) is 2. The number of hydrogen-bond acceptors (Lipinski definition) is 8. The van der Waals surface area contributed by atoms with Gasteiger partial charge in [-0.15, -0.1) is 0 Å². The van der Waals surface area contributed by atoms with Gasteiger partial charge in [-0.2, -0.15) is 0 Å². The van der Waals surface area contributed by atoms with Crippen LogP contribution in [0, 0.1) is 0 Å². The van der Waals surface area contributed by atoms with Crippen LogP contribution in [0.2, 0.25) is 0 Å². The lowest BCUT2D eigenvalue weighted by atomic mass is 9.77. The molecule has 47 heavy (non-hydrogen) atoms. The number of benzene rings is 4. The number of carbonyl (C=O) groups is 4. The van der Waals surface area contributed by atoms with Crippen LogP contribution in [0.5, 0.6) is 11.5 Å². The third-order valence-electron chi connectivity index (χ3n) is 8.12. The highest BCUT2D eigenvalue weighted by molar-refractivity contribution is 6.04. The number of hydrogen-bond donors (Lipinski definition) is 2. The van der Waals surface area contributed by atoms with E-state index in [4.69, 9.17) is 18.9 Å². The van der Waals surface area contributed by atoms with Gasteiger partial charge in [-0.3, -0.25) is 20.2 Å². The molecule has 10 nitrogen and oxygen atoms in total. The summed E-state index contributed by atoms with van der Waals surface area (Å²) in [5.41, 5.74) is 3.06. The number of ether oxygens (including phenoxy) is 4. The van der Waals surface area contributed by atoms with Gasteiger partial charge in [0.1, 0.15) is 11.5 Å². The van der Waals surface area contributed by atoms with E-state index in [9.17, 15) is 19.2 Å². The van der Waals surface area contributed by atoms with Gasteiger partial charge in [-0.05, 0) is 47.5 Å². The summed E-state index contributed by atoms with van der Waals surface area (Å²) in [7, 11) is 0. The van der Waals surface area contributed by atoms with Crippen molar-refractivity contribution in [3.05, 3.63) is 130 Å². The number of rotatable bonds is 10. The number of imide groups is 2. The molecule has 2 heterocycles. The Labute approximate surface area is 272 Å². The fourth-order valence-electron chi connectivity index (χ4n) is 5.35. The average Bonchev–Trinajstić information content (AvgIpc) is 4.00. The molecule has 10 heteroatoms. The van der Waals surface area contributed by atoms with Crippen LogP contribution in [0.3, 0.4) is 0 Å². The molecule has 240 valence electrons. The van der Waals surface area contributed by atoms with Crippen molar-refractivity contribution in [2.75, 3.05) is 13.2 Å². The molecule has 2 aliphatic heterocycles. The maximum absolute atomic E-state index is 12.8. The molecule has 0 aromatic heterocycles. The molecular weight excluding hydrogens is 600 g/mol. The summed E-state index contributed by atoms with van der Waals surface area (Å²) in [6.07, 6.45) is 0.137. The Hall–Kier alpha value is -5.32. The summed E-state index contributed by atoms with van der Waals surface area (Å²) in [5.74, 6) is -0.754. The van der Waals surface area contributed by atoms with Gasteiger partial charge in [0.05, 0.1) is 25.4 Å². The second-order valence-corrected chi connectivity index (χ2v) is 12.0. The second kappa shape index (κ2) is 13.6. The van der Waals surface area contributed by atoms with Crippen LogP contribution in [0.1, 0.15) is 56.8 Å². The predicted octanol–water partition coefficient (Wildman–Crippen LogP) is 5.75. The average molecular weight is 635 g/mol. The smallest absolute Gasteiger partial charge is 0.410 e. The molecule has 2 N–H and O–H groups in total. The van der Waals surface area contributed by atoms with Crippen molar-refractivity contribution < 1.29 is 38.1 Å². The molecule has 0 radical (unpaired) electrons. The van der Waals surface area contributed by atoms with Crippen LogP contribution in [-0.4, -0.2) is 49.4 Å². The molecule has 6 rings (SSSR count). The minimum absolute atomic E-state index is 0.216. The molecule has 0 aliphatic carbocycles. The molecule has 2 unspecified atom stereocenters. The highest BCUT2D eigenvalue weighted by atomic mass is 16.6. The van der Waals surface area contributed by atoms with Gasteiger partial charge >= 0.3 is 12.2 Å². The number of carbonyl (C=O) groups excluding carboxylic acids is 4. The van der Waals surface area contributed by atoms with Gasteiger partial charge in [0.15, 0.2) is 0 Å². The maximum atomic E-state index is 12.8. The Balaban J connectivity index is 1.11. The minimum atomic E-state index is -0.940. The summed E-state index contributed by atoms with van der Waals surface area (Å²) < 4.78 is 21.7. The van der Waals surface area contributed by atoms with E-state index in [-0.39, 0.29) is 23.7 Å². The zero-order valence-electron chi connectivity index (χ0n) is 26.0. The molecule has 0 saturated carbocycles. The Morgan fingerprint density at radius 2 is 0.979 bits per heavy atom. The fourth-order valence-corrected chi connectivity index (χ4v) is 5.35. The Morgan fingerprint density at radius 1 is 0.617 bits per heavy atom. The number of para-hydroxylation sites is 2. The first-order chi connectivity index (χ1) is 22.7. The molecule has 2 aliphatic rings. The molecule has 2 atom stereocenters. The highest BCUT2D eigenvalue weighted by Gasteiger charge is 2.31. The molecule has 4 aromatic carbocycles. The monoisotopic (exact) mass is 634 g/mol. The quantitative estimate of drug-likeness (QED) is 0.211. The van der Waals surface area contributed by atoms with Gasteiger partial charge in [0.2, 0.25) is 0 Å². The third-order valence-corrected chi connectivity index (χ3v) is 8.12. The number of epoxide rings is 2. The predicted molar refractivity (Wildman–Crippen MR) is 172 cm³/mol. The summed E-state index contributed by atoms with van der Waals surface area (Å²) in [6.45, 7) is 5.25. The van der Waals surface area contributed by atoms with Crippen molar-refractivity contribution in [3.63, 3.8) is 0 Å². The first-order valence-electron chi connectivity index (χ1n) is 15.3. The Bertz CT molecular complexity index is 1660. The minimum Gasteiger partial charge on any atom is -0.410 e. The zero-order chi connectivity index (χ0) is 33.0. The van der Waals surface area contributed by atoms with Crippen molar-refractivity contribution in [1.29, 1.82) is 0 Å². The lowest BCUT2D eigenvalue weighted by molar-refractivity contribution is 0.0939. The zero-order valence-corrected chi connectivity index (χ0v) is 26.0. The van der Waals surface area contributed by atoms with Crippen LogP contribution >= 0.6 is 0 Å². The molecule has 2 fully saturated rings. The summed E-state index contributed by atoms with van der Waals surface area (Å²) in [6, 6.07) is 27.7. The van der Waals surface area contributed by atoms with Crippen LogP contribution in [-0.2, 0) is 27.7 Å². The normalized spacial score (nSPS) is 16.5. The number of amides is 4. The van der Waals surface area contributed by atoms with E-state index in [0.29, 0.717) is 22.3 Å². The summed E-state index contributed by atoms with van der Waals surface area (Å²) in [5, 5.41) is 4.56. The van der Waals surface area contributed by atoms with Crippen molar-refractivity contribution in [2.24, 2.45) is 0 Å². The van der Waals surface area contributed by atoms with Gasteiger partial charge in [-0.1, -0.05) is 74.5 Å². The SMILES string of the molecule is CC(C)(c1ccccc1OC(=O)NC(=O)c1ccc(CC2CO2)cc1)c1ccccc1OC(=O)NC(=O)c1ccc(CC2CO2)cc1. The molecular formula is C37H34N2O8. The van der Waals surface area contributed by atoms with Crippen molar-refractivity contribution in [3.8, 4) is 11.5 Å². The topological polar surface area (TPSA) is 136 Å². The summed E-state index contributed by atoms with van der Waals surface area (Å²) >= 11 is 0. The van der Waals surface area contributed by atoms with Crippen LogP contribution in [0.4, 0.5) is 9.59 Å². The lowest BCUT2D eigenvalue weighted by Gasteiger charge is -2.29. The lowest BCUT2D eigenvalue weighted by Crippen LogP contribution is -2.34. The Morgan fingerprint density at radius 3 is 1.34 bits per heavy atom. The van der Waals surface area contributed by atoms with Crippen molar-refractivity contribution in [2.45, 2.75) is 44.3 Å². The highest BCUT2D eigenvalue weighted by Crippen LogP contribution is 2.41. The fraction of sp³-hybridized carbons (Fsp3) is 0.243. The third kappa shape index (κ3) is 8.10. The summed E-state index contributed by atoms with van der Waals surface area (Å²) in [4.78, 5) is 51.2. The molecule has 0 spiro atoms. The van der Waals surface area contributed by atoms with E-state index in [2.05, 4.69) is 10.6 Å². The molecule has 4 aromatic rings. The standard InChI is InChI=1S/C37H34N2O8/c1-37(2,29-7-3-5-9-31(29)46-35(42)38-33(40)25-15-11-23(12-16-25)19-27-21-44-27)30-8-4-6-10-32(30)47-36(43)39-34(41)26-17-13-24(14-18-26)20-28-22-45-28/h3-18,27-28H,19-22H2,1-2H3,(H,38,40,42)(H,39,41,43). The molecule has 4 amide bonds. The molecule has 2 saturated heterocycles.